The third-order valence-corrected chi connectivity index (χ3v) is 8.76. The van der Waals surface area contributed by atoms with Crippen LogP contribution in [0, 0.1) is 17.5 Å². The molecule has 2 aliphatic rings. The Morgan fingerprint density at radius 2 is 1.76 bits per heavy atom. The number of anilines is 1. The van der Waals surface area contributed by atoms with Gasteiger partial charge in [-0.15, -0.1) is 11.8 Å². The number of alkyl halides is 3. The standard InChI is InChI=1S/C28H26F6N4O3S/c1-5-22(39)37-13(2)9-36(10-14(37)3)26-17-6-18(28(32,33)34)23(16-7-20(30)21(31)8-19(16)29)25-24(17)38(27(40)35-26)15(11-41-4)12-42-25/h5-8,13-15H,1,9-12H2,2-4H3/t13-,14+,15?. The molecule has 0 spiro atoms. The Morgan fingerprint density at radius 3 is 2.36 bits per heavy atom. The van der Waals surface area contributed by atoms with Crippen LogP contribution in [0.2, 0.25) is 0 Å². The highest BCUT2D eigenvalue weighted by atomic mass is 32.2. The Hall–Kier alpha value is -3.52. The molecule has 2 aliphatic heterocycles. The van der Waals surface area contributed by atoms with E-state index >= 15 is 4.39 Å². The van der Waals surface area contributed by atoms with Gasteiger partial charge in [0.25, 0.3) is 0 Å². The molecule has 0 aliphatic carbocycles. The third kappa shape index (κ3) is 4.93. The topological polar surface area (TPSA) is 67.7 Å². The summed E-state index contributed by atoms with van der Waals surface area (Å²) in [4.78, 5) is 33.3. The molecule has 0 radical (unpaired) electrons. The van der Waals surface area contributed by atoms with E-state index in [-0.39, 0.29) is 59.0 Å². The van der Waals surface area contributed by atoms with Gasteiger partial charge >= 0.3 is 11.9 Å². The van der Waals surface area contributed by atoms with Crippen molar-refractivity contribution in [3.63, 3.8) is 0 Å². The molecule has 42 heavy (non-hydrogen) atoms. The monoisotopic (exact) mass is 612 g/mol. The number of benzene rings is 2. The quantitative estimate of drug-likeness (QED) is 0.218. The minimum atomic E-state index is -5.05. The highest BCUT2D eigenvalue weighted by Crippen LogP contribution is 2.50. The lowest BCUT2D eigenvalue weighted by atomic mass is 9.95. The number of hydrogen-bond acceptors (Lipinski definition) is 6. The third-order valence-electron chi connectivity index (χ3n) is 7.52. The van der Waals surface area contributed by atoms with Crippen molar-refractivity contribution in [1.82, 2.24) is 14.5 Å². The number of methoxy groups -OCH3 is 1. The van der Waals surface area contributed by atoms with E-state index < -0.39 is 64.1 Å². The number of thioether (sulfide) groups is 1. The molecule has 0 bridgehead atoms. The maximum atomic E-state index is 15.1. The lowest BCUT2D eigenvalue weighted by molar-refractivity contribution is -0.137. The number of aromatic nitrogens is 2. The highest BCUT2D eigenvalue weighted by Gasteiger charge is 2.41. The Balaban J connectivity index is 1.85. The predicted molar refractivity (Wildman–Crippen MR) is 146 cm³/mol. The summed E-state index contributed by atoms with van der Waals surface area (Å²) in [5, 5.41) is -0.0279. The molecule has 1 saturated heterocycles. The van der Waals surface area contributed by atoms with Gasteiger partial charge in [-0.3, -0.25) is 9.36 Å². The molecule has 2 aromatic carbocycles. The molecule has 224 valence electrons. The first-order valence-electron chi connectivity index (χ1n) is 12.9. The zero-order chi connectivity index (χ0) is 30.7. The predicted octanol–water partition coefficient (Wildman–Crippen LogP) is 5.40. The van der Waals surface area contributed by atoms with Gasteiger partial charge in [0.1, 0.15) is 11.6 Å². The average Bonchev–Trinajstić information content (AvgIpc) is 2.91. The molecule has 1 aromatic heterocycles. The van der Waals surface area contributed by atoms with E-state index in [9.17, 15) is 31.5 Å². The first kappa shape index (κ1) is 30.0. The van der Waals surface area contributed by atoms with Crippen LogP contribution < -0.4 is 10.6 Å². The van der Waals surface area contributed by atoms with Gasteiger partial charge in [0, 0.05) is 65.5 Å². The van der Waals surface area contributed by atoms with Crippen molar-refractivity contribution >= 4 is 34.4 Å². The summed E-state index contributed by atoms with van der Waals surface area (Å²) in [5.74, 6) is -4.72. The van der Waals surface area contributed by atoms with E-state index in [1.165, 1.54) is 17.8 Å². The SMILES string of the molecule is C=CC(=O)N1[C@H](C)CN(c2nc(=O)n3c4c(c(-c5cc(F)c(F)cc5F)c(C(F)(F)F)cc24)SCC3COC)C[C@@H]1C. The molecule has 3 heterocycles. The Labute approximate surface area is 240 Å². The molecule has 3 aromatic rings. The van der Waals surface area contributed by atoms with Crippen LogP contribution in [0.1, 0.15) is 25.5 Å². The van der Waals surface area contributed by atoms with E-state index in [1.54, 1.807) is 23.6 Å². The van der Waals surface area contributed by atoms with Crippen molar-refractivity contribution in [3.05, 3.63) is 64.4 Å². The van der Waals surface area contributed by atoms with Crippen molar-refractivity contribution < 1.29 is 35.9 Å². The number of amides is 1. The van der Waals surface area contributed by atoms with Crippen LogP contribution in [-0.4, -0.2) is 65.0 Å². The molecule has 7 nitrogen and oxygen atoms in total. The molecule has 1 fully saturated rings. The minimum absolute atomic E-state index is 0.0279. The number of rotatable bonds is 5. The van der Waals surface area contributed by atoms with Crippen molar-refractivity contribution in [2.45, 2.75) is 43.0 Å². The fourth-order valence-electron chi connectivity index (χ4n) is 5.89. The molecular formula is C28H26F6N4O3S. The molecule has 14 heteroatoms. The molecule has 5 rings (SSSR count). The van der Waals surface area contributed by atoms with Crippen LogP contribution in [0.15, 0.2) is 40.5 Å². The van der Waals surface area contributed by atoms with Crippen molar-refractivity contribution in [2.75, 3.05) is 37.5 Å². The second-order valence-electron chi connectivity index (χ2n) is 10.3. The summed E-state index contributed by atoms with van der Waals surface area (Å²) in [5.41, 5.74) is -3.47. The second kappa shape index (κ2) is 11.0. The fraction of sp³-hybridized carbons (Fsp3) is 0.393. The molecule has 1 unspecified atom stereocenters. The molecule has 0 N–H and O–H groups in total. The van der Waals surface area contributed by atoms with Crippen LogP contribution in [0.4, 0.5) is 32.2 Å². The fourth-order valence-corrected chi connectivity index (χ4v) is 7.20. The van der Waals surface area contributed by atoms with E-state index in [0.29, 0.717) is 6.07 Å². The summed E-state index contributed by atoms with van der Waals surface area (Å²) in [7, 11) is 1.41. The van der Waals surface area contributed by atoms with E-state index in [4.69, 9.17) is 4.74 Å². The van der Waals surface area contributed by atoms with Crippen molar-refractivity contribution in [2.24, 2.45) is 0 Å². The van der Waals surface area contributed by atoms with Gasteiger partial charge in [0.05, 0.1) is 23.7 Å². The molecular weight excluding hydrogens is 586 g/mol. The number of hydrogen-bond donors (Lipinski definition) is 0. The van der Waals surface area contributed by atoms with Crippen molar-refractivity contribution in [1.29, 1.82) is 0 Å². The number of carbonyl (C=O) groups excluding carboxylic acids is 1. The molecule has 3 atom stereocenters. The lowest BCUT2D eigenvalue weighted by Crippen LogP contribution is -2.58. The zero-order valence-corrected chi connectivity index (χ0v) is 23.6. The largest absolute Gasteiger partial charge is 0.417 e. The van der Waals surface area contributed by atoms with E-state index in [2.05, 4.69) is 11.6 Å². The smallest absolute Gasteiger partial charge is 0.383 e. The van der Waals surface area contributed by atoms with Gasteiger partial charge in [0.15, 0.2) is 11.6 Å². The van der Waals surface area contributed by atoms with Crippen LogP contribution >= 0.6 is 11.8 Å². The lowest BCUT2D eigenvalue weighted by Gasteiger charge is -2.45. The first-order chi connectivity index (χ1) is 19.8. The Bertz CT molecular complexity index is 1650. The van der Waals surface area contributed by atoms with Crippen LogP contribution in [0.3, 0.4) is 0 Å². The zero-order valence-electron chi connectivity index (χ0n) is 22.8. The van der Waals surface area contributed by atoms with Crippen molar-refractivity contribution in [3.8, 4) is 11.1 Å². The van der Waals surface area contributed by atoms with Gasteiger partial charge in [-0.2, -0.15) is 18.2 Å². The summed E-state index contributed by atoms with van der Waals surface area (Å²) in [6.45, 7) is 7.39. The molecule has 0 saturated carbocycles. The van der Waals surface area contributed by atoms with E-state index in [1.807, 2.05) is 0 Å². The normalized spacial score (nSPS) is 20.7. The van der Waals surface area contributed by atoms with Gasteiger partial charge in [-0.05, 0) is 32.1 Å². The van der Waals surface area contributed by atoms with Gasteiger partial charge in [-0.25, -0.2) is 18.0 Å². The highest BCUT2D eigenvalue weighted by molar-refractivity contribution is 7.99. The van der Waals surface area contributed by atoms with Gasteiger partial charge < -0.3 is 14.5 Å². The number of halogens is 6. The number of nitrogens with zero attached hydrogens (tertiary/aromatic N) is 4. The van der Waals surface area contributed by atoms with Crippen LogP contribution in [0.25, 0.3) is 22.0 Å². The number of ether oxygens (including phenoxy) is 1. The molecule has 1 amide bonds. The maximum Gasteiger partial charge on any atom is 0.417 e. The summed E-state index contributed by atoms with van der Waals surface area (Å²) >= 11 is 0.939. The summed E-state index contributed by atoms with van der Waals surface area (Å²) in [6.07, 6.45) is -3.87. The summed E-state index contributed by atoms with van der Waals surface area (Å²) < 4.78 is 93.7. The van der Waals surface area contributed by atoms with Gasteiger partial charge in [-0.1, -0.05) is 6.58 Å². The Kier molecular flexibility index (Phi) is 7.81. The van der Waals surface area contributed by atoms with E-state index in [0.717, 1.165) is 17.8 Å². The second-order valence-corrected chi connectivity index (χ2v) is 11.4. The number of carbonyl (C=O) groups is 1. The average molecular weight is 613 g/mol. The maximum absolute atomic E-state index is 15.1. The van der Waals surface area contributed by atoms with Crippen LogP contribution in [-0.2, 0) is 15.7 Å². The van der Waals surface area contributed by atoms with Crippen LogP contribution in [0.5, 0.6) is 0 Å². The van der Waals surface area contributed by atoms with Gasteiger partial charge in [0.2, 0.25) is 5.91 Å². The Morgan fingerprint density at radius 1 is 1.12 bits per heavy atom. The first-order valence-corrected chi connectivity index (χ1v) is 13.9. The summed E-state index contributed by atoms with van der Waals surface area (Å²) in [6, 6.07) is -0.0645. The number of piperazine rings is 1. The minimum Gasteiger partial charge on any atom is -0.383 e.